The van der Waals surface area contributed by atoms with Crippen LogP contribution in [0.1, 0.15) is 16.7 Å². The molecule has 2 rings (SSSR count). The van der Waals surface area contributed by atoms with Crippen molar-refractivity contribution in [2.24, 2.45) is 0 Å². The van der Waals surface area contributed by atoms with Gasteiger partial charge in [-0.3, -0.25) is 14.8 Å². The van der Waals surface area contributed by atoms with Crippen molar-refractivity contribution in [3.8, 4) is 0 Å². The Bertz CT molecular complexity index is 991. The number of halogens is 4. The van der Waals surface area contributed by atoms with E-state index in [4.69, 9.17) is 11.6 Å². The van der Waals surface area contributed by atoms with Gasteiger partial charge in [0.05, 0.1) is 21.2 Å². The number of hydrogen-bond donors (Lipinski definition) is 1. The molecule has 0 aliphatic carbocycles. The highest BCUT2D eigenvalue weighted by Crippen LogP contribution is 2.35. The maximum atomic E-state index is 12.8. The van der Waals surface area contributed by atoms with Gasteiger partial charge in [0.15, 0.2) is 0 Å². The first-order valence-corrected chi connectivity index (χ1v) is 8.84. The van der Waals surface area contributed by atoms with E-state index in [0.29, 0.717) is 23.3 Å². The van der Waals surface area contributed by atoms with Gasteiger partial charge in [-0.15, -0.1) is 0 Å². The van der Waals surface area contributed by atoms with Crippen LogP contribution in [0, 0.1) is 24.0 Å². The van der Waals surface area contributed by atoms with Gasteiger partial charge in [-0.2, -0.15) is 13.2 Å². The molecule has 0 saturated heterocycles. The van der Waals surface area contributed by atoms with Gasteiger partial charge in [-0.25, -0.2) is 8.42 Å². The third kappa shape index (κ3) is 4.07. The van der Waals surface area contributed by atoms with Crippen LogP contribution < -0.4 is 4.72 Å². The predicted octanol–water partition coefficient (Wildman–Crippen LogP) is 4.68. The number of nitro benzene ring substituents is 1. The Morgan fingerprint density at radius 2 is 1.73 bits per heavy atom. The van der Waals surface area contributed by atoms with E-state index in [9.17, 15) is 31.7 Å². The zero-order valence-corrected chi connectivity index (χ0v) is 15.0. The Morgan fingerprint density at radius 1 is 1.12 bits per heavy atom. The van der Waals surface area contributed by atoms with Gasteiger partial charge >= 0.3 is 6.18 Å². The molecular weight excluding hydrogens is 397 g/mol. The van der Waals surface area contributed by atoms with Crippen LogP contribution >= 0.6 is 11.6 Å². The normalized spacial score (nSPS) is 12.1. The lowest BCUT2D eigenvalue weighted by molar-refractivity contribution is -0.385. The number of aryl methyl sites for hydroxylation is 2. The Labute approximate surface area is 151 Å². The molecule has 2 aromatic carbocycles. The first-order valence-electron chi connectivity index (χ1n) is 6.98. The highest BCUT2D eigenvalue weighted by Gasteiger charge is 2.33. The SMILES string of the molecule is Cc1cc(C)c([N+](=O)[O-])cc1NS(=O)(=O)c1cc(C(F)(F)F)ccc1Cl. The zero-order valence-electron chi connectivity index (χ0n) is 13.4. The van der Waals surface area contributed by atoms with Crippen LogP contribution in [0.5, 0.6) is 0 Å². The summed E-state index contributed by atoms with van der Waals surface area (Å²) in [6.07, 6.45) is -4.76. The van der Waals surface area contributed by atoms with Crippen molar-refractivity contribution in [2.75, 3.05) is 4.72 Å². The van der Waals surface area contributed by atoms with E-state index in [1.165, 1.54) is 19.9 Å². The third-order valence-electron chi connectivity index (χ3n) is 3.53. The van der Waals surface area contributed by atoms with Gasteiger partial charge in [-0.1, -0.05) is 11.6 Å². The third-order valence-corrected chi connectivity index (χ3v) is 5.38. The largest absolute Gasteiger partial charge is 0.416 e. The molecule has 0 fully saturated rings. The van der Waals surface area contributed by atoms with E-state index in [0.717, 1.165) is 12.1 Å². The molecule has 140 valence electrons. The number of hydrogen-bond acceptors (Lipinski definition) is 4. The van der Waals surface area contributed by atoms with Crippen LogP contribution in [-0.2, 0) is 16.2 Å². The van der Waals surface area contributed by atoms with E-state index >= 15 is 0 Å². The number of rotatable bonds is 4. The Morgan fingerprint density at radius 3 is 2.27 bits per heavy atom. The molecule has 2 aromatic rings. The van der Waals surface area contributed by atoms with E-state index < -0.39 is 36.6 Å². The van der Waals surface area contributed by atoms with Crippen molar-refractivity contribution in [1.29, 1.82) is 0 Å². The minimum absolute atomic E-state index is 0.129. The summed E-state index contributed by atoms with van der Waals surface area (Å²) in [5.41, 5.74) is -0.972. The molecule has 0 spiro atoms. The van der Waals surface area contributed by atoms with Gasteiger partial charge in [0.2, 0.25) is 0 Å². The monoisotopic (exact) mass is 408 g/mol. The Kier molecular flexibility index (Phi) is 5.20. The van der Waals surface area contributed by atoms with Gasteiger partial charge in [0.25, 0.3) is 15.7 Å². The molecular formula is C15H12ClF3N2O4S. The standard InChI is InChI=1S/C15H12ClF3N2O4S/c1-8-5-9(2)13(21(22)23)7-12(8)20-26(24,25)14-6-10(15(17,18)19)3-4-11(14)16/h3-7,20H,1-2H3. The Balaban J connectivity index is 2.54. The van der Waals surface area contributed by atoms with Crippen LogP contribution in [0.25, 0.3) is 0 Å². The van der Waals surface area contributed by atoms with Crippen molar-refractivity contribution in [2.45, 2.75) is 24.9 Å². The molecule has 11 heteroatoms. The maximum Gasteiger partial charge on any atom is 0.416 e. The number of nitrogens with zero attached hydrogens (tertiary/aromatic N) is 1. The van der Waals surface area contributed by atoms with Crippen molar-refractivity contribution < 1.29 is 26.5 Å². The number of benzene rings is 2. The quantitative estimate of drug-likeness (QED) is 0.587. The molecule has 0 atom stereocenters. The molecule has 1 N–H and O–H groups in total. The summed E-state index contributed by atoms with van der Waals surface area (Å²) >= 11 is 5.75. The molecule has 6 nitrogen and oxygen atoms in total. The summed E-state index contributed by atoms with van der Waals surface area (Å²) in [6, 6.07) is 4.28. The molecule has 0 aliphatic heterocycles. The second-order valence-corrected chi connectivity index (χ2v) is 7.52. The number of anilines is 1. The van der Waals surface area contributed by atoms with Gasteiger partial charge in [0, 0.05) is 11.6 Å². The van der Waals surface area contributed by atoms with E-state index in [1.807, 2.05) is 0 Å². The zero-order chi connectivity index (χ0) is 19.9. The fourth-order valence-corrected chi connectivity index (χ4v) is 3.88. The van der Waals surface area contributed by atoms with Crippen molar-refractivity contribution in [1.82, 2.24) is 0 Å². The minimum atomic E-state index is -4.76. The molecule has 0 bridgehead atoms. The average Bonchev–Trinajstić information content (AvgIpc) is 2.48. The summed E-state index contributed by atoms with van der Waals surface area (Å²) < 4.78 is 65.5. The summed E-state index contributed by atoms with van der Waals surface area (Å²) in [4.78, 5) is 9.54. The molecule has 0 radical (unpaired) electrons. The minimum Gasteiger partial charge on any atom is -0.279 e. The predicted molar refractivity (Wildman–Crippen MR) is 89.8 cm³/mol. The number of nitrogens with one attached hydrogen (secondary N) is 1. The lowest BCUT2D eigenvalue weighted by Crippen LogP contribution is -2.16. The first kappa shape index (κ1) is 20.0. The second-order valence-electron chi connectivity index (χ2n) is 5.46. The van der Waals surface area contributed by atoms with Crippen LogP contribution in [0.2, 0.25) is 5.02 Å². The van der Waals surface area contributed by atoms with E-state index in [1.54, 1.807) is 0 Å². The summed E-state index contributed by atoms with van der Waals surface area (Å²) in [7, 11) is -4.51. The lowest BCUT2D eigenvalue weighted by atomic mass is 10.1. The van der Waals surface area contributed by atoms with Crippen LogP contribution in [0.15, 0.2) is 35.2 Å². The van der Waals surface area contributed by atoms with E-state index in [-0.39, 0.29) is 11.4 Å². The van der Waals surface area contributed by atoms with Gasteiger partial charge in [0.1, 0.15) is 4.90 Å². The van der Waals surface area contributed by atoms with Gasteiger partial charge < -0.3 is 0 Å². The van der Waals surface area contributed by atoms with Crippen molar-refractivity contribution in [3.05, 3.63) is 62.2 Å². The van der Waals surface area contributed by atoms with Crippen LogP contribution in [-0.4, -0.2) is 13.3 Å². The average molecular weight is 409 g/mol. The first-order chi connectivity index (χ1) is 11.8. The van der Waals surface area contributed by atoms with Crippen LogP contribution in [0.4, 0.5) is 24.5 Å². The number of nitro groups is 1. The highest BCUT2D eigenvalue weighted by atomic mass is 35.5. The number of sulfonamides is 1. The molecule has 26 heavy (non-hydrogen) atoms. The van der Waals surface area contributed by atoms with Crippen LogP contribution in [0.3, 0.4) is 0 Å². The molecule has 0 amide bonds. The molecule has 0 aliphatic rings. The molecule has 0 unspecified atom stereocenters. The summed E-state index contributed by atoms with van der Waals surface area (Å²) in [5, 5.41) is 10.6. The molecule has 0 heterocycles. The Hall–Kier alpha value is -2.33. The molecule has 0 aromatic heterocycles. The van der Waals surface area contributed by atoms with Gasteiger partial charge in [-0.05, 0) is 43.7 Å². The lowest BCUT2D eigenvalue weighted by Gasteiger charge is -2.14. The molecule has 0 saturated carbocycles. The van der Waals surface area contributed by atoms with Crippen molar-refractivity contribution in [3.63, 3.8) is 0 Å². The number of alkyl halides is 3. The fraction of sp³-hybridized carbons (Fsp3) is 0.200. The second kappa shape index (κ2) is 6.76. The highest BCUT2D eigenvalue weighted by molar-refractivity contribution is 7.92. The maximum absolute atomic E-state index is 12.8. The fourth-order valence-electron chi connectivity index (χ4n) is 2.23. The topological polar surface area (TPSA) is 89.3 Å². The summed E-state index contributed by atoms with van der Waals surface area (Å²) in [5.74, 6) is 0. The van der Waals surface area contributed by atoms with Crippen molar-refractivity contribution >= 4 is 33.0 Å². The summed E-state index contributed by atoms with van der Waals surface area (Å²) in [6.45, 7) is 2.98. The van der Waals surface area contributed by atoms with E-state index in [2.05, 4.69) is 4.72 Å². The smallest absolute Gasteiger partial charge is 0.279 e.